The second kappa shape index (κ2) is 2.87. The lowest BCUT2D eigenvalue weighted by Crippen LogP contribution is -2.28. The van der Waals surface area contributed by atoms with E-state index in [0.717, 1.165) is 0 Å². The van der Waals surface area contributed by atoms with Crippen molar-refractivity contribution in [2.24, 2.45) is 0 Å². The molecular formula is C8H7BFNO2. The summed E-state index contributed by atoms with van der Waals surface area (Å²) in [5, 5.41) is 18.5. The van der Waals surface area contributed by atoms with Crippen molar-refractivity contribution in [2.45, 2.75) is 0 Å². The van der Waals surface area contributed by atoms with Crippen LogP contribution in [0.5, 0.6) is 0 Å². The van der Waals surface area contributed by atoms with E-state index < -0.39 is 7.12 Å². The maximum absolute atomic E-state index is 12.7. The van der Waals surface area contributed by atoms with Crippen LogP contribution in [0.1, 0.15) is 0 Å². The van der Waals surface area contributed by atoms with E-state index in [2.05, 4.69) is 4.98 Å². The van der Waals surface area contributed by atoms with Crippen molar-refractivity contribution in [3.8, 4) is 0 Å². The summed E-state index contributed by atoms with van der Waals surface area (Å²) >= 11 is 0. The number of hydrogen-bond acceptors (Lipinski definition) is 2. The molecule has 66 valence electrons. The van der Waals surface area contributed by atoms with Crippen LogP contribution in [-0.2, 0) is 0 Å². The molecule has 0 atom stereocenters. The van der Waals surface area contributed by atoms with Crippen LogP contribution in [0.25, 0.3) is 10.9 Å². The molecule has 3 N–H and O–H groups in total. The summed E-state index contributed by atoms with van der Waals surface area (Å²) in [6.45, 7) is 0. The monoisotopic (exact) mass is 179 g/mol. The van der Waals surface area contributed by atoms with Crippen molar-refractivity contribution in [2.75, 3.05) is 0 Å². The minimum absolute atomic E-state index is 0.353. The van der Waals surface area contributed by atoms with Gasteiger partial charge in [-0.3, -0.25) is 0 Å². The van der Waals surface area contributed by atoms with Crippen LogP contribution >= 0.6 is 0 Å². The van der Waals surface area contributed by atoms with Gasteiger partial charge >= 0.3 is 7.12 Å². The van der Waals surface area contributed by atoms with Crippen molar-refractivity contribution in [1.82, 2.24) is 4.98 Å². The van der Waals surface area contributed by atoms with Gasteiger partial charge in [0.15, 0.2) is 0 Å². The lowest BCUT2D eigenvalue weighted by molar-refractivity contribution is 0.426. The highest BCUT2D eigenvalue weighted by Crippen LogP contribution is 2.11. The lowest BCUT2D eigenvalue weighted by Gasteiger charge is -1.95. The molecule has 3 nitrogen and oxygen atoms in total. The highest BCUT2D eigenvalue weighted by molar-refractivity contribution is 6.62. The van der Waals surface area contributed by atoms with Crippen molar-refractivity contribution >= 4 is 23.5 Å². The Balaban J connectivity index is 2.69. The maximum atomic E-state index is 12.7. The van der Waals surface area contributed by atoms with Crippen molar-refractivity contribution in [3.05, 3.63) is 30.2 Å². The van der Waals surface area contributed by atoms with Crippen molar-refractivity contribution in [1.29, 1.82) is 0 Å². The summed E-state index contributed by atoms with van der Waals surface area (Å²) in [6, 6.07) is 4.10. The van der Waals surface area contributed by atoms with Crippen LogP contribution in [0.3, 0.4) is 0 Å². The van der Waals surface area contributed by atoms with Gasteiger partial charge in [-0.15, -0.1) is 0 Å². The second-order valence-corrected chi connectivity index (χ2v) is 2.81. The molecule has 0 unspecified atom stereocenters. The van der Waals surface area contributed by atoms with Gasteiger partial charge in [-0.25, -0.2) is 4.39 Å². The van der Waals surface area contributed by atoms with Crippen LogP contribution in [0.2, 0.25) is 0 Å². The number of benzene rings is 1. The van der Waals surface area contributed by atoms with Gasteiger partial charge in [0.2, 0.25) is 0 Å². The van der Waals surface area contributed by atoms with Gasteiger partial charge in [-0.1, -0.05) is 6.07 Å². The van der Waals surface area contributed by atoms with E-state index in [1.54, 1.807) is 0 Å². The van der Waals surface area contributed by atoms with Crippen LogP contribution < -0.4 is 5.46 Å². The topological polar surface area (TPSA) is 56.2 Å². The molecule has 0 aliphatic heterocycles. The Hall–Kier alpha value is -1.33. The Kier molecular flexibility index (Phi) is 1.83. The van der Waals surface area contributed by atoms with Gasteiger partial charge in [0, 0.05) is 17.2 Å². The van der Waals surface area contributed by atoms with Gasteiger partial charge in [-0.2, -0.15) is 0 Å². The molecule has 0 aliphatic carbocycles. The van der Waals surface area contributed by atoms with E-state index in [9.17, 15) is 4.39 Å². The first-order valence-corrected chi connectivity index (χ1v) is 3.81. The number of fused-ring (bicyclic) bond motifs is 1. The standard InChI is InChI=1S/C8H7BFNO2/c10-5-1-2-6-7(9(12)13)4-11-8(6)3-5/h1-4,11-13H. The molecule has 13 heavy (non-hydrogen) atoms. The number of rotatable bonds is 1. The van der Waals surface area contributed by atoms with E-state index in [-0.39, 0.29) is 5.82 Å². The maximum Gasteiger partial charge on any atom is 0.490 e. The lowest BCUT2D eigenvalue weighted by atomic mass is 9.80. The third-order valence-electron chi connectivity index (χ3n) is 1.95. The number of H-pyrrole nitrogens is 1. The minimum Gasteiger partial charge on any atom is -0.423 e. The van der Waals surface area contributed by atoms with Crippen LogP contribution in [-0.4, -0.2) is 22.2 Å². The van der Waals surface area contributed by atoms with Crippen molar-refractivity contribution in [3.63, 3.8) is 0 Å². The second-order valence-electron chi connectivity index (χ2n) is 2.81. The quantitative estimate of drug-likeness (QED) is 0.539. The first-order chi connectivity index (χ1) is 6.18. The predicted octanol–water partition coefficient (Wildman–Crippen LogP) is -0.0132. The summed E-state index contributed by atoms with van der Waals surface area (Å²) in [5.41, 5.74) is 0.915. The highest BCUT2D eigenvalue weighted by atomic mass is 19.1. The van der Waals surface area contributed by atoms with E-state index in [1.807, 2.05) is 0 Å². The number of aromatic nitrogens is 1. The molecule has 1 aromatic heterocycles. The third kappa shape index (κ3) is 1.32. The Labute approximate surface area is 74.0 Å². The van der Waals surface area contributed by atoms with Gasteiger partial charge in [-0.05, 0) is 17.5 Å². The fraction of sp³-hybridized carbons (Fsp3) is 0. The third-order valence-corrected chi connectivity index (χ3v) is 1.95. The zero-order valence-electron chi connectivity index (χ0n) is 6.66. The van der Waals surface area contributed by atoms with E-state index >= 15 is 0 Å². The molecule has 1 aromatic carbocycles. The smallest absolute Gasteiger partial charge is 0.423 e. The molecule has 0 saturated carbocycles. The summed E-state index contributed by atoms with van der Waals surface area (Å²) in [7, 11) is -1.53. The predicted molar refractivity (Wildman–Crippen MR) is 48.1 cm³/mol. The van der Waals surface area contributed by atoms with Gasteiger partial charge in [0.05, 0.1) is 0 Å². The zero-order valence-corrected chi connectivity index (χ0v) is 6.66. The Bertz CT molecular complexity index is 441. The fourth-order valence-corrected chi connectivity index (χ4v) is 1.33. The molecule has 0 aliphatic rings. The van der Waals surface area contributed by atoms with E-state index in [1.165, 1.54) is 24.4 Å². The average Bonchev–Trinajstić information content (AvgIpc) is 2.46. The Morgan fingerprint density at radius 1 is 1.31 bits per heavy atom. The largest absolute Gasteiger partial charge is 0.490 e. The molecule has 0 fully saturated rings. The summed E-state index contributed by atoms with van der Waals surface area (Å²) < 4.78 is 12.7. The van der Waals surface area contributed by atoms with Gasteiger partial charge in [0.1, 0.15) is 5.82 Å². The SMILES string of the molecule is OB(O)c1c[nH]c2cc(F)ccc12. The Morgan fingerprint density at radius 3 is 2.77 bits per heavy atom. The van der Waals surface area contributed by atoms with Gasteiger partial charge in [0.25, 0.3) is 0 Å². The number of halogens is 1. The first-order valence-electron chi connectivity index (χ1n) is 3.81. The van der Waals surface area contributed by atoms with E-state index in [4.69, 9.17) is 10.0 Å². The summed E-state index contributed by atoms with van der Waals surface area (Å²) in [4.78, 5) is 2.75. The molecule has 2 aromatic rings. The number of hydrogen-bond donors (Lipinski definition) is 3. The highest BCUT2D eigenvalue weighted by Gasteiger charge is 2.15. The molecule has 1 heterocycles. The summed E-state index contributed by atoms with van der Waals surface area (Å²) in [6.07, 6.45) is 1.45. The van der Waals surface area contributed by atoms with E-state index in [0.29, 0.717) is 16.4 Å². The molecule has 0 saturated heterocycles. The molecular weight excluding hydrogens is 172 g/mol. The number of aromatic amines is 1. The van der Waals surface area contributed by atoms with Crippen molar-refractivity contribution < 1.29 is 14.4 Å². The Morgan fingerprint density at radius 2 is 2.08 bits per heavy atom. The zero-order chi connectivity index (χ0) is 9.42. The van der Waals surface area contributed by atoms with Crippen LogP contribution in [0, 0.1) is 5.82 Å². The molecule has 5 heteroatoms. The molecule has 2 rings (SSSR count). The number of nitrogens with one attached hydrogen (secondary N) is 1. The minimum atomic E-state index is -1.53. The molecule has 0 radical (unpaired) electrons. The molecule has 0 bridgehead atoms. The van der Waals surface area contributed by atoms with Gasteiger partial charge < -0.3 is 15.0 Å². The normalized spacial score (nSPS) is 10.7. The molecule has 0 amide bonds. The first kappa shape index (κ1) is 8.28. The van der Waals surface area contributed by atoms with Crippen LogP contribution in [0.4, 0.5) is 4.39 Å². The molecule has 0 spiro atoms. The van der Waals surface area contributed by atoms with Crippen LogP contribution in [0.15, 0.2) is 24.4 Å². The average molecular weight is 179 g/mol. The fourth-order valence-electron chi connectivity index (χ4n) is 1.33. The summed E-state index contributed by atoms with van der Waals surface area (Å²) in [5.74, 6) is -0.353.